The third kappa shape index (κ3) is 4.86. The molecule has 5 heteroatoms. The molecule has 1 atom stereocenters. The zero-order valence-electron chi connectivity index (χ0n) is 11.2. The van der Waals surface area contributed by atoms with Crippen LogP contribution in [0.5, 0.6) is 0 Å². The largest absolute Gasteiger partial charge is 0.379 e. The van der Waals surface area contributed by atoms with Gasteiger partial charge in [-0.25, -0.2) is 8.78 Å². The van der Waals surface area contributed by atoms with Crippen molar-refractivity contribution in [3.63, 3.8) is 0 Å². The van der Waals surface area contributed by atoms with E-state index in [2.05, 4.69) is 17.1 Å². The van der Waals surface area contributed by atoms with E-state index < -0.39 is 11.6 Å². The van der Waals surface area contributed by atoms with Crippen molar-refractivity contribution in [2.75, 3.05) is 32.8 Å². The molecule has 3 nitrogen and oxygen atoms in total. The first-order valence-corrected chi connectivity index (χ1v) is 6.62. The predicted octanol–water partition coefficient (Wildman–Crippen LogP) is 1.78. The lowest BCUT2D eigenvalue weighted by molar-refractivity contribution is 0.0343. The van der Waals surface area contributed by atoms with Crippen LogP contribution in [0.3, 0.4) is 0 Å². The second-order valence-electron chi connectivity index (χ2n) is 4.97. The number of halogens is 2. The fraction of sp³-hybridized carbons (Fsp3) is 0.571. The highest BCUT2D eigenvalue weighted by atomic mass is 19.1. The van der Waals surface area contributed by atoms with Gasteiger partial charge in [-0.3, -0.25) is 4.90 Å². The number of ether oxygens (including phenoxy) is 1. The van der Waals surface area contributed by atoms with Crippen LogP contribution in [0.2, 0.25) is 0 Å². The fourth-order valence-corrected chi connectivity index (χ4v) is 2.24. The van der Waals surface area contributed by atoms with E-state index in [9.17, 15) is 8.78 Å². The van der Waals surface area contributed by atoms with Crippen molar-refractivity contribution in [3.05, 3.63) is 35.4 Å². The molecule has 1 fully saturated rings. The number of nitrogens with zero attached hydrogens (tertiary/aromatic N) is 1. The molecule has 106 valence electrons. The molecule has 0 spiro atoms. The summed E-state index contributed by atoms with van der Waals surface area (Å²) in [6.07, 6.45) is 0. The van der Waals surface area contributed by atoms with Gasteiger partial charge in [0, 0.05) is 38.3 Å². The maximum Gasteiger partial charge on any atom is 0.126 e. The molecule has 19 heavy (non-hydrogen) atoms. The van der Waals surface area contributed by atoms with E-state index in [1.165, 1.54) is 12.1 Å². The lowest BCUT2D eigenvalue weighted by Crippen LogP contribution is -2.44. The molecule has 0 radical (unpaired) electrons. The molecule has 0 aromatic heterocycles. The van der Waals surface area contributed by atoms with E-state index >= 15 is 0 Å². The molecule has 1 aromatic rings. The van der Waals surface area contributed by atoms with Gasteiger partial charge < -0.3 is 10.1 Å². The topological polar surface area (TPSA) is 24.5 Å². The summed E-state index contributed by atoms with van der Waals surface area (Å²) in [7, 11) is 0. The van der Waals surface area contributed by atoms with Crippen molar-refractivity contribution in [2.24, 2.45) is 0 Å². The van der Waals surface area contributed by atoms with Gasteiger partial charge in [-0.2, -0.15) is 0 Å². The summed E-state index contributed by atoms with van der Waals surface area (Å²) < 4.78 is 31.4. The van der Waals surface area contributed by atoms with Crippen LogP contribution in [0.4, 0.5) is 8.78 Å². The smallest absolute Gasteiger partial charge is 0.126 e. The Morgan fingerprint density at radius 3 is 2.47 bits per heavy atom. The lowest BCUT2D eigenvalue weighted by Gasteiger charge is -2.29. The van der Waals surface area contributed by atoms with Crippen LogP contribution >= 0.6 is 0 Å². The Balaban J connectivity index is 1.77. The Labute approximate surface area is 112 Å². The Bertz CT molecular complexity index is 388. The van der Waals surface area contributed by atoms with Crippen LogP contribution in [0.1, 0.15) is 12.5 Å². The molecular formula is C14H20F2N2O. The molecule has 2 rings (SSSR count). The molecule has 1 heterocycles. The molecule has 1 aromatic carbocycles. The molecule has 1 aliphatic rings. The van der Waals surface area contributed by atoms with Gasteiger partial charge in [0.05, 0.1) is 13.2 Å². The number of hydrogen-bond acceptors (Lipinski definition) is 3. The molecule has 1 N–H and O–H groups in total. The van der Waals surface area contributed by atoms with Crippen molar-refractivity contribution >= 4 is 0 Å². The van der Waals surface area contributed by atoms with Crippen molar-refractivity contribution in [2.45, 2.75) is 19.5 Å². The maximum atomic E-state index is 13.0. The molecule has 0 bridgehead atoms. The first-order chi connectivity index (χ1) is 9.13. The van der Waals surface area contributed by atoms with E-state index in [0.717, 1.165) is 38.9 Å². The molecule has 1 saturated heterocycles. The maximum absolute atomic E-state index is 13.0. The highest BCUT2D eigenvalue weighted by Gasteiger charge is 2.13. The fourth-order valence-electron chi connectivity index (χ4n) is 2.24. The molecule has 1 aliphatic heterocycles. The van der Waals surface area contributed by atoms with E-state index in [1.54, 1.807) is 0 Å². The van der Waals surface area contributed by atoms with Crippen molar-refractivity contribution in [1.29, 1.82) is 0 Å². The van der Waals surface area contributed by atoms with Gasteiger partial charge in [-0.05, 0) is 24.6 Å². The van der Waals surface area contributed by atoms with Crippen molar-refractivity contribution < 1.29 is 13.5 Å². The molecule has 1 unspecified atom stereocenters. The van der Waals surface area contributed by atoms with Crippen LogP contribution < -0.4 is 5.32 Å². The summed E-state index contributed by atoms with van der Waals surface area (Å²) in [5, 5.41) is 3.28. The van der Waals surface area contributed by atoms with Gasteiger partial charge in [0.25, 0.3) is 0 Å². The third-order valence-corrected chi connectivity index (χ3v) is 3.21. The SMILES string of the molecule is CC(CN1CCOCC1)NCc1cc(F)cc(F)c1. The average Bonchev–Trinajstić information content (AvgIpc) is 2.36. The number of rotatable bonds is 5. The quantitative estimate of drug-likeness (QED) is 0.882. The second-order valence-corrected chi connectivity index (χ2v) is 4.97. The summed E-state index contributed by atoms with van der Waals surface area (Å²) in [6.45, 7) is 6.91. The number of morpholine rings is 1. The Kier molecular flexibility index (Phi) is 5.24. The van der Waals surface area contributed by atoms with Crippen LogP contribution in [0.15, 0.2) is 18.2 Å². The Morgan fingerprint density at radius 1 is 1.21 bits per heavy atom. The van der Waals surface area contributed by atoms with Gasteiger partial charge in [-0.15, -0.1) is 0 Å². The normalized spacial score (nSPS) is 18.5. The first-order valence-electron chi connectivity index (χ1n) is 6.62. The van der Waals surface area contributed by atoms with Crippen LogP contribution in [0.25, 0.3) is 0 Å². The van der Waals surface area contributed by atoms with E-state index in [0.29, 0.717) is 12.1 Å². The van der Waals surface area contributed by atoms with Gasteiger partial charge in [0.1, 0.15) is 11.6 Å². The van der Waals surface area contributed by atoms with Crippen molar-refractivity contribution in [3.8, 4) is 0 Å². The highest BCUT2D eigenvalue weighted by molar-refractivity contribution is 5.17. The second kappa shape index (κ2) is 6.93. The number of benzene rings is 1. The standard InChI is InChI=1S/C14H20F2N2O/c1-11(10-18-2-4-19-5-3-18)17-9-12-6-13(15)8-14(16)7-12/h6-8,11,17H,2-5,9-10H2,1H3. The molecular weight excluding hydrogens is 250 g/mol. The Hall–Kier alpha value is -1.04. The van der Waals surface area contributed by atoms with Gasteiger partial charge in [-0.1, -0.05) is 0 Å². The summed E-state index contributed by atoms with van der Waals surface area (Å²) in [5.41, 5.74) is 0.631. The minimum atomic E-state index is -0.530. The first kappa shape index (κ1) is 14.4. The molecule has 0 aliphatic carbocycles. The zero-order valence-corrected chi connectivity index (χ0v) is 11.2. The predicted molar refractivity (Wildman–Crippen MR) is 69.9 cm³/mol. The minimum absolute atomic E-state index is 0.268. The van der Waals surface area contributed by atoms with Gasteiger partial charge >= 0.3 is 0 Å². The molecule has 0 saturated carbocycles. The van der Waals surface area contributed by atoms with E-state index in [-0.39, 0.29) is 6.04 Å². The van der Waals surface area contributed by atoms with Crippen LogP contribution in [0, 0.1) is 11.6 Å². The highest BCUT2D eigenvalue weighted by Crippen LogP contribution is 2.08. The molecule has 0 amide bonds. The van der Waals surface area contributed by atoms with Crippen LogP contribution in [-0.2, 0) is 11.3 Å². The minimum Gasteiger partial charge on any atom is -0.379 e. The zero-order chi connectivity index (χ0) is 13.7. The number of hydrogen-bond donors (Lipinski definition) is 1. The summed E-state index contributed by atoms with van der Waals surface area (Å²) in [4.78, 5) is 2.33. The monoisotopic (exact) mass is 270 g/mol. The number of nitrogens with one attached hydrogen (secondary N) is 1. The Morgan fingerprint density at radius 2 is 1.84 bits per heavy atom. The van der Waals surface area contributed by atoms with Gasteiger partial charge in [0.2, 0.25) is 0 Å². The van der Waals surface area contributed by atoms with E-state index in [1.807, 2.05) is 0 Å². The van der Waals surface area contributed by atoms with Crippen LogP contribution in [-0.4, -0.2) is 43.8 Å². The summed E-state index contributed by atoms with van der Waals surface area (Å²) >= 11 is 0. The summed E-state index contributed by atoms with van der Waals surface area (Å²) in [6, 6.07) is 3.87. The van der Waals surface area contributed by atoms with E-state index in [4.69, 9.17) is 4.74 Å². The average molecular weight is 270 g/mol. The van der Waals surface area contributed by atoms with Gasteiger partial charge in [0.15, 0.2) is 0 Å². The third-order valence-electron chi connectivity index (χ3n) is 3.21. The lowest BCUT2D eigenvalue weighted by atomic mass is 10.2. The van der Waals surface area contributed by atoms with Crippen molar-refractivity contribution in [1.82, 2.24) is 10.2 Å². The summed E-state index contributed by atoms with van der Waals surface area (Å²) in [5.74, 6) is -1.06.